The quantitative estimate of drug-likeness (QED) is 0.873. The molecule has 4 nitrogen and oxygen atoms in total. The average Bonchev–Trinajstić information content (AvgIpc) is 2.39. The lowest BCUT2D eigenvalue weighted by molar-refractivity contribution is 0.231. The van der Waals surface area contributed by atoms with Crippen LogP contribution in [0, 0.1) is 5.92 Å². The lowest BCUT2D eigenvalue weighted by Crippen LogP contribution is -2.47. The van der Waals surface area contributed by atoms with Crippen LogP contribution in [0.5, 0.6) is 0 Å². The maximum Gasteiger partial charge on any atom is 0.128 e. The molecule has 1 aliphatic heterocycles. The van der Waals surface area contributed by atoms with Crippen molar-refractivity contribution in [3.8, 4) is 0 Å². The predicted octanol–water partition coefficient (Wildman–Crippen LogP) is 1.32. The van der Waals surface area contributed by atoms with Crippen molar-refractivity contribution in [2.75, 3.05) is 37.6 Å². The number of aromatic nitrogens is 1. The van der Waals surface area contributed by atoms with Crippen molar-refractivity contribution in [1.82, 2.24) is 9.88 Å². The molecule has 0 spiro atoms. The number of rotatable bonds is 4. The summed E-state index contributed by atoms with van der Waals surface area (Å²) in [6.45, 7) is 10.7. The highest BCUT2D eigenvalue weighted by Gasteiger charge is 2.18. The van der Waals surface area contributed by atoms with Gasteiger partial charge in [-0.1, -0.05) is 13.8 Å². The summed E-state index contributed by atoms with van der Waals surface area (Å²) in [6.07, 6.45) is 1.86. The highest BCUT2D eigenvalue weighted by Crippen LogP contribution is 2.15. The molecule has 1 saturated heterocycles. The Kier molecular flexibility index (Phi) is 4.55. The summed E-state index contributed by atoms with van der Waals surface area (Å²) >= 11 is 0. The van der Waals surface area contributed by atoms with E-state index < -0.39 is 0 Å². The highest BCUT2D eigenvalue weighted by molar-refractivity contribution is 5.41. The standard InChI is InChI=1S/C14H24N4/c1-12(2)11-17-5-7-18(8-6-17)14-9-13(10-15)3-4-16-14/h3-4,9,12H,5-8,10-11,15H2,1-2H3. The number of pyridine rings is 1. The number of nitrogens with two attached hydrogens (primary N) is 1. The predicted molar refractivity (Wildman–Crippen MR) is 75.6 cm³/mol. The van der Waals surface area contributed by atoms with Crippen LogP contribution in [0.1, 0.15) is 19.4 Å². The molecular formula is C14H24N4. The fourth-order valence-corrected chi connectivity index (χ4v) is 2.44. The normalized spacial score (nSPS) is 17.4. The van der Waals surface area contributed by atoms with Crippen LogP contribution in [-0.2, 0) is 6.54 Å². The topological polar surface area (TPSA) is 45.4 Å². The Balaban J connectivity index is 1.92. The van der Waals surface area contributed by atoms with Gasteiger partial charge >= 0.3 is 0 Å². The molecule has 4 heteroatoms. The molecule has 2 heterocycles. The fourth-order valence-electron chi connectivity index (χ4n) is 2.44. The zero-order chi connectivity index (χ0) is 13.0. The van der Waals surface area contributed by atoms with Gasteiger partial charge in [0.05, 0.1) is 0 Å². The van der Waals surface area contributed by atoms with E-state index in [1.807, 2.05) is 12.3 Å². The second-order valence-corrected chi connectivity index (χ2v) is 5.41. The smallest absolute Gasteiger partial charge is 0.128 e. The van der Waals surface area contributed by atoms with Crippen LogP contribution in [-0.4, -0.2) is 42.6 Å². The van der Waals surface area contributed by atoms with Crippen LogP contribution in [0.15, 0.2) is 18.3 Å². The van der Waals surface area contributed by atoms with Crippen molar-refractivity contribution in [3.63, 3.8) is 0 Å². The van der Waals surface area contributed by atoms with E-state index in [0.29, 0.717) is 6.54 Å². The van der Waals surface area contributed by atoms with E-state index in [1.54, 1.807) is 0 Å². The van der Waals surface area contributed by atoms with Gasteiger partial charge in [0.1, 0.15) is 5.82 Å². The van der Waals surface area contributed by atoms with Gasteiger partial charge in [0, 0.05) is 45.5 Å². The molecule has 100 valence electrons. The molecule has 0 radical (unpaired) electrons. The van der Waals surface area contributed by atoms with Gasteiger partial charge in [-0.3, -0.25) is 4.90 Å². The monoisotopic (exact) mass is 248 g/mol. The van der Waals surface area contributed by atoms with Crippen molar-refractivity contribution >= 4 is 5.82 Å². The van der Waals surface area contributed by atoms with Crippen LogP contribution < -0.4 is 10.6 Å². The van der Waals surface area contributed by atoms with Gasteiger partial charge in [-0.2, -0.15) is 0 Å². The number of hydrogen-bond donors (Lipinski definition) is 1. The molecule has 0 atom stereocenters. The van der Waals surface area contributed by atoms with Crippen LogP contribution in [0.4, 0.5) is 5.82 Å². The van der Waals surface area contributed by atoms with E-state index in [9.17, 15) is 0 Å². The van der Waals surface area contributed by atoms with E-state index in [1.165, 1.54) is 6.54 Å². The zero-order valence-electron chi connectivity index (χ0n) is 11.5. The van der Waals surface area contributed by atoms with E-state index in [-0.39, 0.29) is 0 Å². The second kappa shape index (κ2) is 6.16. The number of hydrogen-bond acceptors (Lipinski definition) is 4. The van der Waals surface area contributed by atoms with Crippen molar-refractivity contribution < 1.29 is 0 Å². The third-order valence-electron chi connectivity index (χ3n) is 3.37. The highest BCUT2D eigenvalue weighted by atomic mass is 15.3. The summed E-state index contributed by atoms with van der Waals surface area (Å²) < 4.78 is 0. The number of nitrogens with zero attached hydrogens (tertiary/aromatic N) is 3. The first-order chi connectivity index (χ1) is 8.69. The largest absolute Gasteiger partial charge is 0.354 e. The van der Waals surface area contributed by atoms with Gasteiger partial charge in [-0.05, 0) is 23.6 Å². The van der Waals surface area contributed by atoms with Gasteiger partial charge in [0.25, 0.3) is 0 Å². The van der Waals surface area contributed by atoms with Gasteiger partial charge in [0.2, 0.25) is 0 Å². The first-order valence-corrected chi connectivity index (χ1v) is 6.81. The third kappa shape index (κ3) is 3.43. The average molecular weight is 248 g/mol. The summed E-state index contributed by atoms with van der Waals surface area (Å²) in [4.78, 5) is 9.34. The Morgan fingerprint density at radius 3 is 2.61 bits per heavy atom. The first kappa shape index (κ1) is 13.3. The molecule has 1 aromatic heterocycles. The lowest BCUT2D eigenvalue weighted by atomic mass is 10.2. The van der Waals surface area contributed by atoms with Crippen molar-refractivity contribution in [3.05, 3.63) is 23.9 Å². The Bertz CT molecular complexity index is 370. The van der Waals surface area contributed by atoms with E-state index in [4.69, 9.17) is 5.73 Å². The molecule has 18 heavy (non-hydrogen) atoms. The minimum atomic E-state index is 0.586. The second-order valence-electron chi connectivity index (χ2n) is 5.41. The van der Waals surface area contributed by atoms with Crippen molar-refractivity contribution in [2.24, 2.45) is 11.7 Å². The summed E-state index contributed by atoms with van der Waals surface area (Å²) in [5.74, 6) is 1.82. The summed E-state index contributed by atoms with van der Waals surface area (Å²) in [7, 11) is 0. The third-order valence-corrected chi connectivity index (χ3v) is 3.37. The lowest BCUT2D eigenvalue weighted by Gasteiger charge is -2.36. The van der Waals surface area contributed by atoms with E-state index in [0.717, 1.165) is 43.5 Å². The fraction of sp³-hybridized carbons (Fsp3) is 0.643. The minimum Gasteiger partial charge on any atom is -0.354 e. The molecule has 0 saturated carbocycles. The molecule has 0 bridgehead atoms. The Hall–Kier alpha value is -1.13. The first-order valence-electron chi connectivity index (χ1n) is 6.81. The molecule has 1 fully saturated rings. The van der Waals surface area contributed by atoms with Gasteiger partial charge < -0.3 is 10.6 Å². The van der Waals surface area contributed by atoms with Crippen molar-refractivity contribution in [1.29, 1.82) is 0 Å². The van der Waals surface area contributed by atoms with Crippen LogP contribution in [0.2, 0.25) is 0 Å². The number of piperazine rings is 1. The molecule has 1 aromatic rings. The van der Waals surface area contributed by atoms with Gasteiger partial charge in [-0.15, -0.1) is 0 Å². The SMILES string of the molecule is CC(C)CN1CCN(c2cc(CN)ccn2)CC1. The van der Waals surface area contributed by atoms with Crippen LogP contribution in [0.25, 0.3) is 0 Å². The Morgan fingerprint density at radius 2 is 2.00 bits per heavy atom. The molecule has 0 unspecified atom stereocenters. The molecule has 0 aliphatic carbocycles. The Labute approximate surface area is 110 Å². The summed E-state index contributed by atoms with van der Waals surface area (Å²) in [6, 6.07) is 4.09. The van der Waals surface area contributed by atoms with E-state index in [2.05, 4.69) is 34.7 Å². The zero-order valence-corrected chi connectivity index (χ0v) is 11.5. The number of anilines is 1. The molecule has 2 N–H and O–H groups in total. The van der Waals surface area contributed by atoms with Crippen LogP contribution in [0.3, 0.4) is 0 Å². The molecule has 0 aromatic carbocycles. The maximum atomic E-state index is 5.67. The van der Waals surface area contributed by atoms with Crippen molar-refractivity contribution in [2.45, 2.75) is 20.4 Å². The van der Waals surface area contributed by atoms with Crippen LogP contribution >= 0.6 is 0 Å². The van der Waals surface area contributed by atoms with Gasteiger partial charge in [0.15, 0.2) is 0 Å². The molecule has 1 aliphatic rings. The van der Waals surface area contributed by atoms with E-state index >= 15 is 0 Å². The molecule has 0 amide bonds. The molecule has 2 rings (SSSR count). The Morgan fingerprint density at radius 1 is 1.28 bits per heavy atom. The summed E-state index contributed by atoms with van der Waals surface area (Å²) in [5.41, 5.74) is 6.83. The molecular weight excluding hydrogens is 224 g/mol. The van der Waals surface area contributed by atoms with Gasteiger partial charge in [-0.25, -0.2) is 4.98 Å². The minimum absolute atomic E-state index is 0.586. The maximum absolute atomic E-state index is 5.67. The summed E-state index contributed by atoms with van der Waals surface area (Å²) in [5, 5.41) is 0.